The number of halogens is 3. The number of urea groups is 1. The van der Waals surface area contributed by atoms with E-state index in [0.717, 1.165) is 27.9 Å². The molecule has 1 aromatic heterocycles. The molecular weight excluding hydrogens is 605 g/mol. The lowest BCUT2D eigenvalue weighted by Gasteiger charge is -2.30. The number of nitrogens with one attached hydrogen (secondary N) is 1. The number of nitrogens with zero attached hydrogens (tertiary/aromatic N) is 5. The molecule has 9 nitrogen and oxygen atoms in total. The molecule has 0 saturated carbocycles. The number of thioether (sulfide) groups is 1. The fourth-order valence-electron chi connectivity index (χ4n) is 5.49. The molecule has 1 aliphatic carbocycles. The third-order valence-electron chi connectivity index (χ3n) is 7.54. The van der Waals surface area contributed by atoms with Crippen LogP contribution in [0.4, 0.5) is 23.7 Å². The minimum absolute atomic E-state index is 0.0854. The van der Waals surface area contributed by atoms with Gasteiger partial charge in [-0.05, 0) is 71.8 Å². The van der Waals surface area contributed by atoms with Gasteiger partial charge in [-0.1, -0.05) is 55.9 Å². The van der Waals surface area contributed by atoms with Crippen molar-refractivity contribution in [2.45, 2.75) is 51.4 Å². The number of para-hydroxylation sites is 1. The Morgan fingerprint density at radius 3 is 2.58 bits per heavy atom. The maximum absolute atomic E-state index is 13.1. The molecule has 0 radical (unpaired) electrons. The second-order valence-electron chi connectivity index (χ2n) is 11.0. The lowest BCUT2D eigenvalue weighted by Crippen LogP contribution is -2.42. The Morgan fingerprint density at radius 1 is 1.07 bits per heavy atom. The number of benzene rings is 3. The number of aliphatic imine (C=N–C) groups is 1. The Labute approximate surface area is 261 Å². The van der Waals surface area contributed by atoms with Crippen molar-refractivity contribution in [1.29, 1.82) is 0 Å². The Kier molecular flexibility index (Phi) is 8.36. The van der Waals surface area contributed by atoms with Gasteiger partial charge < -0.3 is 10.1 Å². The van der Waals surface area contributed by atoms with Crippen LogP contribution in [0.15, 0.2) is 78.0 Å². The molecule has 2 aliphatic rings. The van der Waals surface area contributed by atoms with E-state index in [-0.39, 0.29) is 23.6 Å². The lowest BCUT2D eigenvalue weighted by atomic mass is 10.0. The van der Waals surface area contributed by atoms with E-state index in [2.05, 4.69) is 39.0 Å². The van der Waals surface area contributed by atoms with E-state index in [1.807, 2.05) is 42.5 Å². The van der Waals surface area contributed by atoms with Crippen LogP contribution >= 0.6 is 11.8 Å². The molecule has 6 rings (SSSR count). The highest BCUT2D eigenvalue weighted by Crippen LogP contribution is 2.33. The summed E-state index contributed by atoms with van der Waals surface area (Å²) in [6.07, 6.45) is -1.68. The highest BCUT2D eigenvalue weighted by Gasteiger charge is 2.32. The summed E-state index contributed by atoms with van der Waals surface area (Å²) in [5.41, 5.74) is 5.19. The number of hydrogen-bond donors (Lipinski definition) is 1. The maximum Gasteiger partial charge on any atom is 0.573 e. The number of aromatic nitrogens is 3. The van der Waals surface area contributed by atoms with Crippen molar-refractivity contribution in [3.05, 3.63) is 89.7 Å². The second-order valence-corrected chi connectivity index (χ2v) is 12.1. The van der Waals surface area contributed by atoms with Crippen LogP contribution in [0.5, 0.6) is 5.75 Å². The van der Waals surface area contributed by atoms with Gasteiger partial charge in [0.05, 0.1) is 11.4 Å². The summed E-state index contributed by atoms with van der Waals surface area (Å²) < 4.78 is 42.8. The van der Waals surface area contributed by atoms with Crippen molar-refractivity contribution >= 4 is 34.6 Å². The number of amidine groups is 1. The number of ether oxygens (including phenoxy) is 1. The van der Waals surface area contributed by atoms with Gasteiger partial charge in [-0.15, -0.1) is 18.3 Å². The molecule has 232 valence electrons. The molecule has 1 N–H and O–H groups in total. The summed E-state index contributed by atoms with van der Waals surface area (Å²) in [4.78, 5) is 36.4. The summed E-state index contributed by atoms with van der Waals surface area (Å²) in [6, 6.07) is 18.2. The van der Waals surface area contributed by atoms with Crippen LogP contribution in [0.2, 0.25) is 0 Å². The molecule has 3 aromatic carbocycles. The largest absolute Gasteiger partial charge is 0.573 e. The number of fused-ring (bicyclic) bond motifs is 1. The molecule has 1 unspecified atom stereocenters. The quantitative estimate of drug-likeness (QED) is 0.255. The van der Waals surface area contributed by atoms with E-state index in [0.29, 0.717) is 41.7 Å². The number of hydrogen-bond acceptors (Lipinski definition) is 6. The van der Waals surface area contributed by atoms with E-state index in [1.54, 1.807) is 4.90 Å². The first-order valence-electron chi connectivity index (χ1n) is 14.4. The third kappa shape index (κ3) is 6.88. The van der Waals surface area contributed by atoms with Crippen LogP contribution < -0.4 is 15.0 Å². The average Bonchev–Trinajstić information content (AvgIpc) is 3.64. The van der Waals surface area contributed by atoms with E-state index in [9.17, 15) is 22.8 Å². The van der Waals surface area contributed by atoms with Crippen LogP contribution in [0.3, 0.4) is 0 Å². The third-order valence-corrected chi connectivity index (χ3v) is 8.48. The van der Waals surface area contributed by atoms with E-state index in [4.69, 9.17) is 0 Å². The fourth-order valence-corrected chi connectivity index (χ4v) is 6.42. The van der Waals surface area contributed by atoms with Crippen molar-refractivity contribution in [2.75, 3.05) is 10.7 Å². The Balaban J connectivity index is 1.13. The molecule has 0 bridgehead atoms. The van der Waals surface area contributed by atoms with Gasteiger partial charge in [0.1, 0.15) is 12.1 Å². The normalized spacial score (nSPS) is 17.6. The summed E-state index contributed by atoms with van der Waals surface area (Å²) in [7, 11) is 0. The zero-order valence-electron chi connectivity index (χ0n) is 24.4. The molecule has 0 spiro atoms. The second kappa shape index (κ2) is 12.4. The summed E-state index contributed by atoms with van der Waals surface area (Å²) in [6.45, 7) is 4.13. The molecule has 4 aromatic rings. The van der Waals surface area contributed by atoms with Gasteiger partial charge in [0.25, 0.3) is 0 Å². The molecule has 2 heterocycles. The van der Waals surface area contributed by atoms with Crippen molar-refractivity contribution < 1.29 is 27.5 Å². The summed E-state index contributed by atoms with van der Waals surface area (Å²) >= 11 is 1.39. The highest BCUT2D eigenvalue weighted by atomic mass is 32.2. The first kappa shape index (κ1) is 30.4. The number of alkyl halides is 3. The summed E-state index contributed by atoms with van der Waals surface area (Å²) in [5.74, 6) is 0.795. The van der Waals surface area contributed by atoms with Crippen LogP contribution in [0.1, 0.15) is 42.9 Å². The van der Waals surface area contributed by atoms with Gasteiger partial charge in [-0.2, -0.15) is 4.99 Å². The zero-order valence-corrected chi connectivity index (χ0v) is 25.2. The predicted octanol–water partition coefficient (Wildman–Crippen LogP) is 6.66. The molecule has 13 heteroatoms. The van der Waals surface area contributed by atoms with Gasteiger partial charge in [0.15, 0.2) is 11.0 Å². The maximum atomic E-state index is 13.1. The van der Waals surface area contributed by atoms with Gasteiger partial charge in [0, 0.05) is 23.8 Å². The minimum Gasteiger partial charge on any atom is -0.406 e. The van der Waals surface area contributed by atoms with Gasteiger partial charge in [0.2, 0.25) is 5.91 Å². The number of carbonyl (C=O) groups is 2. The standard InChI is InChI=1S/C32H29F3N6O3S/c1-19(2)26-5-3-4-6-27(26)41-28(42)13-14-45-31(41)38-30(43)37-23-16-20-7-8-21(15-22(20)17-23)29-36-18-40(39-29)24-9-11-25(12-10-24)44-32(33,34)35/h3-12,15,18-19,23H,13-14,16-17H2,1-2H3,(H,37,43). The van der Waals surface area contributed by atoms with E-state index >= 15 is 0 Å². The predicted molar refractivity (Wildman–Crippen MR) is 166 cm³/mol. The average molecular weight is 635 g/mol. The first-order chi connectivity index (χ1) is 21.5. The molecule has 1 aliphatic heterocycles. The Hall–Kier alpha value is -4.65. The number of amides is 3. The van der Waals surface area contributed by atoms with Crippen LogP contribution in [-0.2, 0) is 17.6 Å². The molecular formula is C32H29F3N6O3S. The SMILES string of the molecule is CC(C)c1ccccc1N1C(=O)CCSC1=NC(=O)NC1Cc2ccc(-c3ncn(-c4ccc(OC(F)(F)F)cc4)n3)cc2C1. The van der Waals surface area contributed by atoms with Crippen LogP contribution in [0, 0.1) is 0 Å². The molecule has 1 atom stereocenters. The lowest BCUT2D eigenvalue weighted by molar-refractivity contribution is -0.274. The molecule has 1 saturated heterocycles. The molecule has 3 amide bonds. The first-order valence-corrected chi connectivity index (χ1v) is 15.4. The van der Waals surface area contributed by atoms with Crippen molar-refractivity contribution in [2.24, 2.45) is 4.99 Å². The molecule has 1 fully saturated rings. The number of anilines is 1. The number of rotatable bonds is 6. The van der Waals surface area contributed by atoms with E-state index < -0.39 is 12.4 Å². The monoisotopic (exact) mass is 634 g/mol. The van der Waals surface area contributed by atoms with Gasteiger partial charge in [-0.25, -0.2) is 14.5 Å². The zero-order chi connectivity index (χ0) is 31.7. The highest BCUT2D eigenvalue weighted by molar-refractivity contribution is 8.14. The van der Waals surface area contributed by atoms with Crippen LogP contribution in [0.25, 0.3) is 17.1 Å². The molecule has 45 heavy (non-hydrogen) atoms. The summed E-state index contributed by atoms with van der Waals surface area (Å²) in [5, 5.41) is 7.87. The van der Waals surface area contributed by atoms with Crippen molar-refractivity contribution in [3.8, 4) is 22.8 Å². The van der Waals surface area contributed by atoms with Crippen molar-refractivity contribution in [1.82, 2.24) is 20.1 Å². The van der Waals surface area contributed by atoms with Gasteiger partial charge in [-0.3, -0.25) is 9.69 Å². The smallest absolute Gasteiger partial charge is 0.406 e. The number of carbonyl (C=O) groups excluding carboxylic acids is 2. The topological polar surface area (TPSA) is 102 Å². The van der Waals surface area contributed by atoms with Crippen LogP contribution in [-0.4, -0.2) is 50.0 Å². The van der Waals surface area contributed by atoms with Crippen molar-refractivity contribution in [3.63, 3.8) is 0 Å². The van der Waals surface area contributed by atoms with Gasteiger partial charge >= 0.3 is 12.4 Å². The van der Waals surface area contributed by atoms with E-state index in [1.165, 1.54) is 47.0 Å². The Bertz CT molecular complexity index is 1770. The fraction of sp³-hybridized carbons (Fsp3) is 0.281. The minimum atomic E-state index is -4.76. The Morgan fingerprint density at radius 2 is 1.82 bits per heavy atom.